The van der Waals surface area contributed by atoms with Crippen LogP contribution in [0.5, 0.6) is 5.75 Å². The number of likely N-dealkylation sites (N-methyl/N-ethyl adjacent to an activating group) is 1. The minimum absolute atomic E-state index is 0.00847. The Bertz CT molecular complexity index is 1290. The first kappa shape index (κ1) is 27.9. The van der Waals surface area contributed by atoms with Gasteiger partial charge in [0.25, 0.3) is 0 Å². The van der Waals surface area contributed by atoms with E-state index in [4.69, 9.17) is 27.9 Å². The molecule has 8 heteroatoms. The van der Waals surface area contributed by atoms with Crippen molar-refractivity contribution < 1.29 is 9.53 Å². The van der Waals surface area contributed by atoms with Crippen LogP contribution in [0, 0.1) is 11.3 Å². The molecular formula is C30H32Cl2N4O2. The molecule has 198 valence electrons. The molecule has 1 heterocycles. The van der Waals surface area contributed by atoms with Crippen LogP contribution in [0.4, 0.5) is 5.69 Å². The summed E-state index contributed by atoms with van der Waals surface area (Å²) in [7, 11) is 3.63. The van der Waals surface area contributed by atoms with Gasteiger partial charge in [-0.2, -0.15) is 5.26 Å². The fraction of sp³-hybridized carbons (Fsp3) is 0.333. The highest BCUT2D eigenvalue weighted by Crippen LogP contribution is 2.30. The lowest BCUT2D eigenvalue weighted by Crippen LogP contribution is -2.43. The number of nitriles is 1. The van der Waals surface area contributed by atoms with Gasteiger partial charge in [-0.1, -0.05) is 59.6 Å². The Morgan fingerprint density at radius 2 is 1.76 bits per heavy atom. The first-order valence-electron chi connectivity index (χ1n) is 12.7. The van der Waals surface area contributed by atoms with Crippen LogP contribution in [0.2, 0.25) is 10.0 Å². The van der Waals surface area contributed by atoms with E-state index in [1.165, 1.54) is 17.7 Å². The van der Waals surface area contributed by atoms with E-state index in [1.807, 2.05) is 25.2 Å². The summed E-state index contributed by atoms with van der Waals surface area (Å²) in [6, 6.07) is 23.6. The van der Waals surface area contributed by atoms with E-state index in [1.54, 1.807) is 25.3 Å². The van der Waals surface area contributed by atoms with E-state index in [9.17, 15) is 10.1 Å². The minimum atomic E-state index is -0.174. The zero-order valence-corrected chi connectivity index (χ0v) is 23.3. The number of methoxy groups -OCH3 is 1. The lowest BCUT2D eigenvalue weighted by Gasteiger charge is -2.33. The number of hydrogen-bond acceptors (Lipinski definition) is 5. The number of hydrogen-bond donors (Lipinski definition) is 0. The standard InChI is InChI=1S/C30H32Cl2N4O2/c1-34(21-30(37)36(17-14-33)25-12-13-27(31)28(32)19-25)29(20-35-15-3-4-16-35)23-10-8-22(9-11-23)24-6-5-7-26(18-24)38-2/h5-13,18-19,29H,3-4,15-17,20-21H2,1-2H3. The summed E-state index contributed by atoms with van der Waals surface area (Å²) in [5.41, 5.74) is 3.88. The molecule has 38 heavy (non-hydrogen) atoms. The van der Waals surface area contributed by atoms with E-state index in [0.717, 1.165) is 42.1 Å². The van der Waals surface area contributed by atoms with Crippen molar-refractivity contribution in [2.24, 2.45) is 0 Å². The summed E-state index contributed by atoms with van der Waals surface area (Å²) < 4.78 is 5.38. The normalized spacial score (nSPS) is 14.3. The predicted octanol–water partition coefficient (Wildman–Crippen LogP) is 6.29. The van der Waals surface area contributed by atoms with Gasteiger partial charge in [0, 0.05) is 18.3 Å². The van der Waals surface area contributed by atoms with Gasteiger partial charge in [-0.3, -0.25) is 14.6 Å². The first-order chi connectivity index (χ1) is 18.4. The summed E-state index contributed by atoms with van der Waals surface area (Å²) in [4.78, 5) is 19.4. The Hall–Kier alpha value is -3.08. The molecular weight excluding hydrogens is 519 g/mol. The number of carbonyl (C=O) groups is 1. The Kier molecular flexibility index (Phi) is 9.65. The van der Waals surface area contributed by atoms with Crippen molar-refractivity contribution in [3.63, 3.8) is 0 Å². The molecule has 3 aromatic carbocycles. The van der Waals surface area contributed by atoms with Crippen LogP contribution in [0.1, 0.15) is 24.4 Å². The summed E-state index contributed by atoms with van der Waals surface area (Å²) in [6.07, 6.45) is 2.38. The number of rotatable bonds is 10. The molecule has 1 amide bonds. The minimum Gasteiger partial charge on any atom is -0.497 e. The summed E-state index contributed by atoms with van der Waals surface area (Å²) in [6.45, 7) is 3.02. The lowest BCUT2D eigenvalue weighted by molar-refractivity contribution is -0.119. The summed E-state index contributed by atoms with van der Waals surface area (Å²) in [5, 5.41) is 10.2. The highest BCUT2D eigenvalue weighted by molar-refractivity contribution is 6.42. The first-order valence-corrected chi connectivity index (χ1v) is 13.4. The van der Waals surface area contributed by atoms with Crippen molar-refractivity contribution in [2.45, 2.75) is 18.9 Å². The zero-order chi connectivity index (χ0) is 27.1. The van der Waals surface area contributed by atoms with Crippen LogP contribution in [0.25, 0.3) is 11.1 Å². The molecule has 0 aromatic heterocycles. The van der Waals surface area contributed by atoms with Gasteiger partial charge < -0.3 is 9.64 Å². The van der Waals surface area contributed by atoms with Gasteiger partial charge in [-0.25, -0.2) is 0 Å². The van der Waals surface area contributed by atoms with Gasteiger partial charge in [0.15, 0.2) is 0 Å². The third-order valence-corrected chi connectivity index (χ3v) is 7.73. The molecule has 1 aliphatic heterocycles. The number of carbonyl (C=O) groups excluding carboxylic acids is 1. The van der Waals surface area contributed by atoms with Gasteiger partial charge in [0.05, 0.1) is 29.8 Å². The molecule has 0 spiro atoms. The second-order valence-electron chi connectivity index (χ2n) is 9.53. The number of likely N-dealkylation sites (tertiary alicyclic amines) is 1. The predicted molar refractivity (Wildman–Crippen MR) is 154 cm³/mol. The third kappa shape index (κ3) is 6.86. The average molecular weight is 552 g/mol. The number of anilines is 1. The Labute approximate surface area is 234 Å². The van der Waals surface area contributed by atoms with E-state index < -0.39 is 0 Å². The molecule has 1 atom stereocenters. The maximum Gasteiger partial charge on any atom is 0.242 e. The maximum atomic E-state index is 13.4. The number of benzene rings is 3. The van der Waals surface area contributed by atoms with Crippen LogP contribution in [-0.4, -0.2) is 62.6 Å². The number of ether oxygens (including phenoxy) is 1. The van der Waals surface area contributed by atoms with Crippen LogP contribution in [0.3, 0.4) is 0 Å². The van der Waals surface area contributed by atoms with Crippen LogP contribution < -0.4 is 9.64 Å². The Balaban J connectivity index is 1.56. The van der Waals surface area contributed by atoms with Gasteiger partial charge in [0.2, 0.25) is 5.91 Å². The molecule has 0 bridgehead atoms. The quantitative estimate of drug-likeness (QED) is 0.277. The second kappa shape index (κ2) is 13.1. The SMILES string of the molecule is COc1cccc(-c2ccc(C(CN3CCCC3)N(C)CC(=O)N(CC#N)c3ccc(Cl)c(Cl)c3)cc2)c1. The van der Waals surface area contributed by atoms with Crippen molar-refractivity contribution in [3.8, 4) is 22.9 Å². The molecule has 0 aliphatic carbocycles. The lowest BCUT2D eigenvalue weighted by atomic mass is 9.99. The summed E-state index contributed by atoms with van der Waals surface area (Å²) in [5.74, 6) is 0.646. The largest absolute Gasteiger partial charge is 0.497 e. The zero-order valence-electron chi connectivity index (χ0n) is 21.7. The van der Waals surface area contributed by atoms with Crippen LogP contribution >= 0.6 is 23.2 Å². The van der Waals surface area contributed by atoms with E-state index in [2.05, 4.69) is 46.2 Å². The van der Waals surface area contributed by atoms with Crippen molar-refractivity contribution in [2.75, 3.05) is 51.8 Å². The van der Waals surface area contributed by atoms with Crippen LogP contribution in [-0.2, 0) is 4.79 Å². The van der Waals surface area contributed by atoms with Gasteiger partial charge >= 0.3 is 0 Å². The molecule has 6 nitrogen and oxygen atoms in total. The molecule has 3 aromatic rings. The molecule has 1 unspecified atom stereocenters. The van der Waals surface area contributed by atoms with Crippen LogP contribution in [0.15, 0.2) is 66.7 Å². The summed E-state index contributed by atoms with van der Waals surface area (Å²) >= 11 is 12.3. The van der Waals surface area contributed by atoms with E-state index in [-0.39, 0.29) is 25.0 Å². The number of nitrogens with zero attached hydrogens (tertiary/aromatic N) is 4. The molecule has 1 saturated heterocycles. The smallest absolute Gasteiger partial charge is 0.242 e. The topological polar surface area (TPSA) is 59.8 Å². The second-order valence-corrected chi connectivity index (χ2v) is 10.3. The fourth-order valence-corrected chi connectivity index (χ4v) is 5.16. The molecule has 0 radical (unpaired) electrons. The Morgan fingerprint density at radius 3 is 2.42 bits per heavy atom. The third-order valence-electron chi connectivity index (χ3n) is 6.99. The van der Waals surface area contributed by atoms with Gasteiger partial charge in [0.1, 0.15) is 12.3 Å². The highest BCUT2D eigenvalue weighted by Gasteiger charge is 2.26. The molecule has 1 aliphatic rings. The maximum absolute atomic E-state index is 13.4. The average Bonchev–Trinajstić information content (AvgIpc) is 3.45. The fourth-order valence-electron chi connectivity index (χ4n) is 4.87. The van der Waals surface area contributed by atoms with Gasteiger partial charge in [-0.15, -0.1) is 0 Å². The monoisotopic (exact) mass is 550 g/mol. The number of halogens is 2. The molecule has 0 saturated carbocycles. The van der Waals surface area contributed by atoms with Crippen molar-refractivity contribution >= 4 is 34.8 Å². The van der Waals surface area contributed by atoms with Crippen molar-refractivity contribution in [1.29, 1.82) is 5.26 Å². The van der Waals surface area contributed by atoms with Crippen molar-refractivity contribution in [3.05, 3.63) is 82.3 Å². The highest BCUT2D eigenvalue weighted by atomic mass is 35.5. The van der Waals surface area contributed by atoms with Gasteiger partial charge in [-0.05, 0) is 80.0 Å². The van der Waals surface area contributed by atoms with E-state index >= 15 is 0 Å². The Morgan fingerprint density at radius 1 is 1.03 bits per heavy atom. The van der Waals surface area contributed by atoms with E-state index in [0.29, 0.717) is 15.7 Å². The number of amides is 1. The van der Waals surface area contributed by atoms with Crippen molar-refractivity contribution in [1.82, 2.24) is 9.80 Å². The molecule has 4 rings (SSSR count). The molecule has 1 fully saturated rings. The molecule has 0 N–H and O–H groups in total.